The van der Waals surface area contributed by atoms with Crippen molar-refractivity contribution in [2.24, 2.45) is 0 Å². The van der Waals surface area contributed by atoms with Gasteiger partial charge in [0.2, 0.25) is 0 Å². The van der Waals surface area contributed by atoms with Gasteiger partial charge in [0, 0.05) is 12.6 Å². The molecule has 0 aliphatic heterocycles. The Morgan fingerprint density at radius 2 is 1.82 bits per heavy atom. The van der Waals surface area contributed by atoms with Crippen LogP contribution < -0.4 is 5.32 Å². The second-order valence-corrected chi connectivity index (χ2v) is 4.36. The average Bonchev–Trinajstić information content (AvgIpc) is 2.39. The van der Waals surface area contributed by atoms with E-state index in [-0.39, 0.29) is 0 Å². The molecule has 0 saturated heterocycles. The van der Waals surface area contributed by atoms with Gasteiger partial charge in [-0.3, -0.25) is 4.90 Å². The SMILES string of the molecule is CCCN(CC)C(CNCC)c1ccccc1. The summed E-state index contributed by atoms with van der Waals surface area (Å²) in [5.41, 5.74) is 1.42. The van der Waals surface area contributed by atoms with Gasteiger partial charge in [0.05, 0.1) is 0 Å². The van der Waals surface area contributed by atoms with E-state index in [1.165, 1.54) is 18.5 Å². The van der Waals surface area contributed by atoms with Crippen LogP contribution in [0.4, 0.5) is 0 Å². The number of rotatable bonds is 8. The summed E-state index contributed by atoms with van der Waals surface area (Å²) >= 11 is 0. The molecule has 2 nitrogen and oxygen atoms in total. The first-order valence-electron chi connectivity index (χ1n) is 6.83. The molecule has 0 aliphatic carbocycles. The van der Waals surface area contributed by atoms with E-state index < -0.39 is 0 Å². The number of hydrogen-bond acceptors (Lipinski definition) is 2. The van der Waals surface area contributed by atoms with Crippen molar-refractivity contribution in [3.8, 4) is 0 Å². The number of benzene rings is 1. The first kappa shape index (κ1) is 14.2. The number of hydrogen-bond donors (Lipinski definition) is 1. The zero-order valence-corrected chi connectivity index (χ0v) is 11.4. The van der Waals surface area contributed by atoms with Crippen LogP contribution in [-0.2, 0) is 0 Å². The summed E-state index contributed by atoms with van der Waals surface area (Å²) in [7, 11) is 0. The van der Waals surface area contributed by atoms with Gasteiger partial charge in [0.1, 0.15) is 0 Å². The fraction of sp³-hybridized carbons (Fsp3) is 0.600. The van der Waals surface area contributed by atoms with Crippen LogP contribution >= 0.6 is 0 Å². The van der Waals surface area contributed by atoms with E-state index >= 15 is 0 Å². The van der Waals surface area contributed by atoms with Crippen molar-refractivity contribution in [2.45, 2.75) is 33.2 Å². The van der Waals surface area contributed by atoms with Gasteiger partial charge in [-0.25, -0.2) is 0 Å². The number of nitrogens with zero attached hydrogens (tertiary/aromatic N) is 1. The Morgan fingerprint density at radius 3 is 2.35 bits per heavy atom. The standard InChI is InChI=1S/C15H26N2/c1-4-12-17(6-3)15(13-16-5-2)14-10-8-7-9-11-14/h7-11,15-16H,4-6,12-13H2,1-3H3. The van der Waals surface area contributed by atoms with Gasteiger partial charge >= 0.3 is 0 Å². The zero-order valence-electron chi connectivity index (χ0n) is 11.4. The van der Waals surface area contributed by atoms with Crippen molar-refractivity contribution < 1.29 is 0 Å². The van der Waals surface area contributed by atoms with Crippen molar-refractivity contribution in [1.82, 2.24) is 10.2 Å². The fourth-order valence-electron chi connectivity index (χ4n) is 2.24. The minimum absolute atomic E-state index is 0.501. The molecule has 0 aliphatic rings. The molecular weight excluding hydrogens is 208 g/mol. The normalized spacial score (nSPS) is 12.9. The minimum atomic E-state index is 0.501. The number of nitrogens with one attached hydrogen (secondary N) is 1. The first-order chi connectivity index (χ1) is 8.33. The first-order valence-corrected chi connectivity index (χ1v) is 6.83. The molecular formula is C15H26N2. The Hall–Kier alpha value is -0.860. The molecule has 0 aromatic heterocycles. The van der Waals surface area contributed by atoms with E-state index in [2.05, 4.69) is 61.3 Å². The Labute approximate surface area is 106 Å². The van der Waals surface area contributed by atoms with E-state index in [1.807, 2.05) is 0 Å². The third-order valence-corrected chi connectivity index (χ3v) is 3.13. The highest BCUT2D eigenvalue weighted by atomic mass is 15.2. The molecule has 96 valence electrons. The third-order valence-electron chi connectivity index (χ3n) is 3.13. The van der Waals surface area contributed by atoms with E-state index in [0.717, 1.165) is 19.6 Å². The molecule has 0 saturated carbocycles. The van der Waals surface area contributed by atoms with Gasteiger partial charge in [-0.2, -0.15) is 0 Å². The van der Waals surface area contributed by atoms with Gasteiger partial charge < -0.3 is 5.32 Å². The van der Waals surface area contributed by atoms with Crippen LogP contribution in [0, 0.1) is 0 Å². The summed E-state index contributed by atoms with van der Waals surface area (Å²) in [4.78, 5) is 2.55. The van der Waals surface area contributed by atoms with Crippen LogP contribution in [0.15, 0.2) is 30.3 Å². The van der Waals surface area contributed by atoms with Crippen molar-refractivity contribution >= 4 is 0 Å². The summed E-state index contributed by atoms with van der Waals surface area (Å²) in [6, 6.07) is 11.3. The molecule has 0 heterocycles. The van der Waals surface area contributed by atoms with Crippen LogP contribution in [-0.4, -0.2) is 31.1 Å². The summed E-state index contributed by atoms with van der Waals surface area (Å²) in [5, 5.41) is 3.48. The molecule has 17 heavy (non-hydrogen) atoms. The highest BCUT2D eigenvalue weighted by molar-refractivity contribution is 5.19. The summed E-state index contributed by atoms with van der Waals surface area (Å²) in [5.74, 6) is 0. The van der Waals surface area contributed by atoms with Gasteiger partial charge in [-0.15, -0.1) is 0 Å². The van der Waals surface area contributed by atoms with Crippen LogP contribution in [0.1, 0.15) is 38.8 Å². The third kappa shape index (κ3) is 4.49. The van der Waals surface area contributed by atoms with Gasteiger partial charge in [-0.1, -0.05) is 51.1 Å². The van der Waals surface area contributed by atoms with E-state index in [1.54, 1.807) is 0 Å². The Kier molecular flexibility index (Phi) is 6.90. The predicted octanol–water partition coefficient (Wildman–Crippen LogP) is 3.07. The highest BCUT2D eigenvalue weighted by Crippen LogP contribution is 2.19. The molecule has 0 fully saturated rings. The van der Waals surface area contributed by atoms with Crippen LogP contribution in [0.3, 0.4) is 0 Å². The Balaban J connectivity index is 2.78. The molecule has 1 atom stereocenters. The second-order valence-electron chi connectivity index (χ2n) is 4.36. The van der Waals surface area contributed by atoms with Crippen molar-refractivity contribution in [1.29, 1.82) is 0 Å². The van der Waals surface area contributed by atoms with E-state index in [4.69, 9.17) is 0 Å². The molecule has 2 heteroatoms. The molecule has 1 N–H and O–H groups in total. The van der Waals surface area contributed by atoms with Gasteiger partial charge in [0.25, 0.3) is 0 Å². The van der Waals surface area contributed by atoms with Crippen molar-refractivity contribution in [3.05, 3.63) is 35.9 Å². The fourth-order valence-corrected chi connectivity index (χ4v) is 2.24. The quantitative estimate of drug-likeness (QED) is 0.743. The molecule has 1 aromatic rings. The van der Waals surface area contributed by atoms with Gasteiger partial charge in [0.15, 0.2) is 0 Å². The maximum absolute atomic E-state index is 3.48. The Bertz CT molecular complexity index is 284. The maximum atomic E-state index is 3.48. The van der Waals surface area contributed by atoms with Crippen molar-refractivity contribution in [2.75, 3.05) is 26.2 Å². The van der Waals surface area contributed by atoms with Crippen LogP contribution in [0.2, 0.25) is 0 Å². The van der Waals surface area contributed by atoms with Crippen LogP contribution in [0.25, 0.3) is 0 Å². The molecule has 1 aromatic carbocycles. The highest BCUT2D eigenvalue weighted by Gasteiger charge is 2.17. The molecule has 0 spiro atoms. The largest absolute Gasteiger partial charge is 0.315 e. The summed E-state index contributed by atoms with van der Waals surface area (Å²) in [6.07, 6.45) is 1.21. The lowest BCUT2D eigenvalue weighted by Crippen LogP contribution is -2.36. The summed E-state index contributed by atoms with van der Waals surface area (Å²) < 4.78 is 0. The van der Waals surface area contributed by atoms with Crippen LogP contribution in [0.5, 0.6) is 0 Å². The maximum Gasteiger partial charge on any atom is 0.0472 e. The lowest BCUT2D eigenvalue weighted by atomic mass is 10.0. The predicted molar refractivity (Wildman–Crippen MR) is 75.3 cm³/mol. The van der Waals surface area contributed by atoms with E-state index in [0.29, 0.717) is 6.04 Å². The molecule has 1 unspecified atom stereocenters. The van der Waals surface area contributed by atoms with Crippen molar-refractivity contribution in [3.63, 3.8) is 0 Å². The zero-order chi connectivity index (χ0) is 12.5. The smallest absolute Gasteiger partial charge is 0.0472 e. The molecule has 1 rings (SSSR count). The number of likely N-dealkylation sites (N-methyl/N-ethyl adjacent to an activating group) is 2. The van der Waals surface area contributed by atoms with E-state index in [9.17, 15) is 0 Å². The van der Waals surface area contributed by atoms with Gasteiger partial charge in [-0.05, 0) is 31.6 Å². The Morgan fingerprint density at radius 1 is 1.12 bits per heavy atom. The lowest BCUT2D eigenvalue weighted by molar-refractivity contribution is 0.203. The minimum Gasteiger partial charge on any atom is -0.315 e. The molecule has 0 amide bonds. The summed E-state index contributed by atoms with van der Waals surface area (Å²) in [6.45, 7) is 11.0. The lowest BCUT2D eigenvalue weighted by Gasteiger charge is -2.31. The second kappa shape index (κ2) is 8.26. The monoisotopic (exact) mass is 234 g/mol. The molecule has 0 bridgehead atoms. The average molecular weight is 234 g/mol. The molecule has 0 radical (unpaired) electrons. The topological polar surface area (TPSA) is 15.3 Å².